The van der Waals surface area contributed by atoms with Gasteiger partial charge in [0.15, 0.2) is 5.78 Å². The Morgan fingerprint density at radius 1 is 1.50 bits per heavy atom. The van der Waals surface area contributed by atoms with E-state index >= 15 is 0 Å². The Hall–Kier alpha value is -1.78. The van der Waals surface area contributed by atoms with E-state index in [-0.39, 0.29) is 17.6 Å². The van der Waals surface area contributed by atoms with Crippen LogP contribution >= 0.6 is 0 Å². The van der Waals surface area contributed by atoms with E-state index in [1.54, 1.807) is 0 Å². The first-order chi connectivity index (χ1) is 8.61. The molecular formula is C13H17N3O2. The Morgan fingerprint density at radius 3 is 3.00 bits per heavy atom. The van der Waals surface area contributed by atoms with Crippen molar-refractivity contribution < 1.29 is 9.59 Å². The average molecular weight is 247 g/mol. The Morgan fingerprint density at radius 2 is 2.28 bits per heavy atom. The van der Waals surface area contributed by atoms with Gasteiger partial charge in [-0.2, -0.15) is 0 Å². The largest absolute Gasteiger partial charge is 0.294 e. The lowest BCUT2D eigenvalue weighted by molar-refractivity contribution is -0.119. The van der Waals surface area contributed by atoms with Crippen molar-refractivity contribution in [1.82, 2.24) is 9.97 Å². The third-order valence-corrected chi connectivity index (χ3v) is 3.28. The Labute approximate surface area is 106 Å². The number of aryl methyl sites for hydroxylation is 1. The normalized spacial score (nSPS) is 16.0. The van der Waals surface area contributed by atoms with Gasteiger partial charge in [-0.05, 0) is 19.3 Å². The summed E-state index contributed by atoms with van der Waals surface area (Å²) < 4.78 is 0. The summed E-state index contributed by atoms with van der Waals surface area (Å²) in [5.41, 5.74) is 1.35. The Bertz CT molecular complexity index is 485. The molecule has 1 aromatic heterocycles. The van der Waals surface area contributed by atoms with Gasteiger partial charge >= 0.3 is 0 Å². The Balaban J connectivity index is 2.16. The molecule has 0 radical (unpaired) electrons. The van der Waals surface area contributed by atoms with Crippen molar-refractivity contribution in [1.29, 1.82) is 0 Å². The molecule has 0 saturated heterocycles. The first kappa shape index (κ1) is 12.7. The van der Waals surface area contributed by atoms with E-state index in [2.05, 4.69) is 15.3 Å². The molecule has 0 aliphatic heterocycles. The number of ketones is 1. The minimum atomic E-state index is -0.0837. The number of carbonyl (C=O) groups excluding carboxylic acids is 2. The maximum Gasteiger partial charge on any atom is 0.229 e. The van der Waals surface area contributed by atoms with Crippen LogP contribution in [-0.2, 0) is 11.2 Å². The van der Waals surface area contributed by atoms with Crippen LogP contribution in [0.3, 0.4) is 0 Å². The van der Waals surface area contributed by atoms with Gasteiger partial charge in [0.05, 0.1) is 11.3 Å². The molecule has 0 fully saturated rings. The smallest absolute Gasteiger partial charge is 0.229 e. The number of aromatic nitrogens is 2. The van der Waals surface area contributed by atoms with E-state index in [1.807, 2.05) is 13.8 Å². The van der Waals surface area contributed by atoms with Crippen LogP contribution in [0.15, 0.2) is 6.20 Å². The molecule has 18 heavy (non-hydrogen) atoms. The zero-order chi connectivity index (χ0) is 13.1. The maximum atomic E-state index is 11.7. The number of rotatable bonds is 3. The number of hydrogen-bond donors (Lipinski definition) is 1. The summed E-state index contributed by atoms with van der Waals surface area (Å²) in [4.78, 5) is 31.6. The monoisotopic (exact) mass is 247 g/mol. The van der Waals surface area contributed by atoms with E-state index in [0.717, 1.165) is 25.0 Å². The summed E-state index contributed by atoms with van der Waals surface area (Å²) in [6, 6.07) is 0. The van der Waals surface area contributed by atoms with Crippen molar-refractivity contribution in [3.63, 3.8) is 0 Å². The number of nitrogens with one attached hydrogen (secondary N) is 1. The second kappa shape index (κ2) is 5.25. The highest BCUT2D eigenvalue weighted by Gasteiger charge is 2.20. The maximum absolute atomic E-state index is 11.7. The van der Waals surface area contributed by atoms with Gasteiger partial charge in [-0.1, -0.05) is 13.8 Å². The molecular weight excluding hydrogens is 230 g/mol. The molecule has 1 aliphatic carbocycles. The van der Waals surface area contributed by atoms with Crippen LogP contribution in [0.5, 0.6) is 0 Å². The van der Waals surface area contributed by atoms with Crippen LogP contribution in [0.1, 0.15) is 49.2 Å². The van der Waals surface area contributed by atoms with E-state index in [0.29, 0.717) is 17.9 Å². The molecule has 1 amide bonds. The van der Waals surface area contributed by atoms with Crippen molar-refractivity contribution in [2.24, 2.45) is 5.92 Å². The van der Waals surface area contributed by atoms with Crippen molar-refractivity contribution in [3.05, 3.63) is 17.5 Å². The van der Waals surface area contributed by atoms with Gasteiger partial charge in [0.1, 0.15) is 0 Å². The molecule has 1 aliphatic rings. The molecule has 5 nitrogen and oxygen atoms in total. The fraction of sp³-hybridized carbons (Fsp3) is 0.538. The average Bonchev–Trinajstić information content (AvgIpc) is 2.38. The summed E-state index contributed by atoms with van der Waals surface area (Å²) in [5, 5.41) is 2.69. The molecule has 0 bridgehead atoms. The van der Waals surface area contributed by atoms with Gasteiger partial charge in [-0.15, -0.1) is 0 Å². The van der Waals surface area contributed by atoms with Crippen LogP contribution in [0.4, 0.5) is 5.95 Å². The second-order valence-electron chi connectivity index (χ2n) is 4.63. The van der Waals surface area contributed by atoms with Crippen molar-refractivity contribution in [3.8, 4) is 0 Å². The summed E-state index contributed by atoms with van der Waals surface area (Å²) in [7, 11) is 0. The molecule has 5 heteroatoms. The predicted molar refractivity (Wildman–Crippen MR) is 67.4 cm³/mol. The zero-order valence-corrected chi connectivity index (χ0v) is 10.7. The van der Waals surface area contributed by atoms with Gasteiger partial charge in [0.25, 0.3) is 0 Å². The molecule has 0 saturated carbocycles. The number of fused-ring (bicyclic) bond motifs is 1. The van der Waals surface area contributed by atoms with Crippen LogP contribution in [0, 0.1) is 5.92 Å². The third kappa shape index (κ3) is 2.55. The lowest BCUT2D eigenvalue weighted by Gasteiger charge is -2.14. The molecule has 0 unspecified atom stereocenters. The second-order valence-corrected chi connectivity index (χ2v) is 4.63. The standard InChI is InChI=1S/C13H17N3O2/c1-3-8(2)12(18)16-13-14-7-9-10(15-13)5-4-6-11(9)17/h7-8H,3-6H2,1-2H3,(H,14,15,16,18)/t8-/m0/s1. The molecule has 0 spiro atoms. The summed E-state index contributed by atoms with van der Waals surface area (Å²) in [5.74, 6) is 0.246. The van der Waals surface area contributed by atoms with Crippen LogP contribution in [0.25, 0.3) is 0 Å². The molecule has 2 rings (SSSR count). The van der Waals surface area contributed by atoms with Crippen LogP contribution in [-0.4, -0.2) is 21.7 Å². The lowest BCUT2D eigenvalue weighted by atomic mass is 9.96. The SMILES string of the molecule is CC[C@H](C)C(=O)Nc1ncc2c(n1)CCCC2=O. The highest BCUT2D eigenvalue weighted by atomic mass is 16.2. The number of carbonyl (C=O) groups is 2. The third-order valence-electron chi connectivity index (χ3n) is 3.28. The number of hydrogen-bond acceptors (Lipinski definition) is 4. The first-order valence-corrected chi connectivity index (χ1v) is 6.31. The van der Waals surface area contributed by atoms with E-state index in [4.69, 9.17) is 0 Å². The molecule has 1 atom stereocenters. The first-order valence-electron chi connectivity index (χ1n) is 6.31. The van der Waals surface area contributed by atoms with Gasteiger partial charge < -0.3 is 0 Å². The quantitative estimate of drug-likeness (QED) is 0.886. The van der Waals surface area contributed by atoms with Crippen LogP contribution < -0.4 is 5.32 Å². The fourth-order valence-electron chi connectivity index (χ4n) is 1.87. The predicted octanol–water partition coefficient (Wildman–Crippen LogP) is 1.98. The highest BCUT2D eigenvalue weighted by Crippen LogP contribution is 2.19. The van der Waals surface area contributed by atoms with Crippen LogP contribution in [0.2, 0.25) is 0 Å². The van der Waals surface area contributed by atoms with E-state index < -0.39 is 0 Å². The molecule has 1 N–H and O–H groups in total. The van der Waals surface area contributed by atoms with Gasteiger partial charge in [0.2, 0.25) is 11.9 Å². The van der Waals surface area contributed by atoms with Gasteiger partial charge in [0, 0.05) is 18.5 Å². The molecule has 0 aromatic carbocycles. The summed E-state index contributed by atoms with van der Waals surface area (Å²) in [6.45, 7) is 3.81. The van der Waals surface area contributed by atoms with Gasteiger partial charge in [-0.25, -0.2) is 9.97 Å². The van der Waals surface area contributed by atoms with Crippen molar-refractivity contribution in [2.45, 2.75) is 39.5 Å². The number of amides is 1. The fourth-order valence-corrected chi connectivity index (χ4v) is 1.87. The summed E-state index contributed by atoms with van der Waals surface area (Å²) >= 11 is 0. The number of Topliss-reactive ketones (excluding diaryl/α,β-unsaturated/α-hetero) is 1. The lowest BCUT2D eigenvalue weighted by Crippen LogP contribution is -2.22. The minimum absolute atomic E-state index is 0.0636. The number of nitrogens with zero attached hydrogens (tertiary/aromatic N) is 2. The Kier molecular flexibility index (Phi) is 3.69. The molecule has 1 heterocycles. The van der Waals surface area contributed by atoms with Gasteiger partial charge in [-0.3, -0.25) is 14.9 Å². The molecule has 96 valence electrons. The van der Waals surface area contributed by atoms with Crippen molar-refractivity contribution >= 4 is 17.6 Å². The zero-order valence-electron chi connectivity index (χ0n) is 10.7. The minimum Gasteiger partial charge on any atom is -0.294 e. The van der Waals surface area contributed by atoms with E-state index in [1.165, 1.54) is 6.20 Å². The highest BCUT2D eigenvalue weighted by molar-refractivity contribution is 5.98. The number of anilines is 1. The topological polar surface area (TPSA) is 72.0 Å². The van der Waals surface area contributed by atoms with E-state index in [9.17, 15) is 9.59 Å². The molecule has 1 aromatic rings. The summed E-state index contributed by atoms with van der Waals surface area (Å²) in [6.07, 6.45) is 4.46. The van der Waals surface area contributed by atoms with Crippen molar-refractivity contribution in [2.75, 3.05) is 5.32 Å².